The largest absolute Gasteiger partial charge is 0.223 e. The summed E-state index contributed by atoms with van der Waals surface area (Å²) >= 11 is 18.6. The van der Waals surface area contributed by atoms with E-state index in [4.69, 9.17) is 34.8 Å². The average Bonchev–Trinajstić information content (AvgIpc) is 1.85. The monoisotopic (exact) mass is 227 g/mol. The van der Waals surface area contributed by atoms with Crippen LogP contribution in [0, 0.1) is 0 Å². The third-order valence-electron chi connectivity index (χ3n) is 1.06. The molecular weight excluding hydrogens is 224 g/mol. The first-order chi connectivity index (χ1) is 5.15. The van der Waals surface area contributed by atoms with E-state index in [0.29, 0.717) is 15.3 Å². The third kappa shape index (κ3) is 2.15. The fraction of sp³-hybridized carbons (Fsp3) is 0.167. The lowest BCUT2D eigenvalue weighted by Gasteiger charge is -2.01. The van der Waals surface area contributed by atoms with Crippen molar-refractivity contribution in [3.63, 3.8) is 0 Å². The molecule has 0 aliphatic rings. The molecule has 5 heteroatoms. The van der Waals surface area contributed by atoms with E-state index in [-0.39, 0.29) is 0 Å². The molecule has 1 rings (SSSR count). The first kappa shape index (κ1) is 9.46. The summed E-state index contributed by atoms with van der Waals surface area (Å²) in [5.74, 6) is 0. The van der Waals surface area contributed by atoms with E-state index in [9.17, 15) is 0 Å². The topological polar surface area (TPSA) is 12.9 Å². The van der Waals surface area contributed by atoms with Crippen LogP contribution in [-0.2, 0) is 0 Å². The van der Waals surface area contributed by atoms with Crippen molar-refractivity contribution in [1.82, 2.24) is 4.98 Å². The van der Waals surface area contributed by atoms with E-state index in [0.717, 1.165) is 4.90 Å². The van der Waals surface area contributed by atoms with Gasteiger partial charge in [0.1, 0.15) is 10.3 Å². The molecule has 0 amide bonds. The molecule has 0 radical (unpaired) electrons. The standard InChI is InChI=1S/C6H4Cl3NS/c1-11-5-3(7)2-4(8)10-6(5)9/h2H,1H3. The number of nitrogens with zero attached hydrogens (tertiary/aromatic N) is 1. The Morgan fingerprint density at radius 3 is 2.45 bits per heavy atom. The van der Waals surface area contributed by atoms with E-state index in [1.54, 1.807) is 6.07 Å². The number of aromatic nitrogens is 1. The van der Waals surface area contributed by atoms with Crippen molar-refractivity contribution >= 4 is 46.6 Å². The Hall–Kier alpha value is 0.370. The fourth-order valence-corrected chi connectivity index (χ4v) is 2.28. The van der Waals surface area contributed by atoms with Crippen molar-refractivity contribution in [1.29, 1.82) is 0 Å². The van der Waals surface area contributed by atoms with Crippen LogP contribution < -0.4 is 0 Å². The van der Waals surface area contributed by atoms with Crippen LogP contribution >= 0.6 is 46.6 Å². The molecule has 1 aromatic rings. The van der Waals surface area contributed by atoms with Crippen LogP contribution in [-0.4, -0.2) is 11.2 Å². The lowest BCUT2D eigenvalue weighted by atomic mass is 10.5. The highest BCUT2D eigenvalue weighted by Gasteiger charge is 2.06. The molecule has 0 aliphatic carbocycles. The van der Waals surface area contributed by atoms with Crippen molar-refractivity contribution in [3.8, 4) is 0 Å². The first-order valence-corrected chi connectivity index (χ1v) is 5.06. The summed E-state index contributed by atoms with van der Waals surface area (Å²) in [4.78, 5) is 4.59. The third-order valence-corrected chi connectivity index (χ3v) is 2.87. The molecule has 0 N–H and O–H groups in total. The second kappa shape index (κ2) is 3.85. The van der Waals surface area contributed by atoms with E-state index in [1.165, 1.54) is 11.8 Å². The SMILES string of the molecule is CSc1c(Cl)cc(Cl)nc1Cl. The molecule has 1 heterocycles. The molecule has 0 unspecified atom stereocenters. The van der Waals surface area contributed by atoms with Gasteiger partial charge in [0.2, 0.25) is 0 Å². The van der Waals surface area contributed by atoms with E-state index in [1.807, 2.05) is 6.26 Å². The molecule has 0 fully saturated rings. The Morgan fingerprint density at radius 1 is 1.36 bits per heavy atom. The molecule has 0 atom stereocenters. The molecule has 1 aromatic heterocycles. The molecule has 0 aromatic carbocycles. The lowest BCUT2D eigenvalue weighted by molar-refractivity contribution is 1.24. The van der Waals surface area contributed by atoms with Crippen molar-refractivity contribution in [2.75, 3.05) is 6.26 Å². The van der Waals surface area contributed by atoms with Crippen LogP contribution in [0.15, 0.2) is 11.0 Å². The lowest BCUT2D eigenvalue weighted by Crippen LogP contribution is -1.81. The van der Waals surface area contributed by atoms with Gasteiger partial charge in [-0.1, -0.05) is 34.8 Å². The highest BCUT2D eigenvalue weighted by molar-refractivity contribution is 7.98. The van der Waals surface area contributed by atoms with Gasteiger partial charge in [0, 0.05) is 0 Å². The minimum absolute atomic E-state index is 0.317. The van der Waals surface area contributed by atoms with Crippen LogP contribution in [0.4, 0.5) is 0 Å². The zero-order valence-corrected chi connectivity index (χ0v) is 8.65. The zero-order chi connectivity index (χ0) is 8.43. The van der Waals surface area contributed by atoms with Gasteiger partial charge < -0.3 is 0 Å². The van der Waals surface area contributed by atoms with Gasteiger partial charge in [-0.25, -0.2) is 4.98 Å². The van der Waals surface area contributed by atoms with Crippen LogP contribution in [0.25, 0.3) is 0 Å². The molecular formula is C6H4Cl3NS. The minimum Gasteiger partial charge on any atom is -0.223 e. The maximum Gasteiger partial charge on any atom is 0.145 e. The molecule has 11 heavy (non-hydrogen) atoms. The first-order valence-electron chi connectivity index (χ1n) is 2.70. The minimum atomic E-state index is 0.317. The number of rotatable bonds is 1. The molecule has 1 nitrogen and oxygen atoms in total. The number of thioether (sulfide) groups is 1. The van der Waals surface area contributed by atoms with E-state index in [2.05, 4.69) is 4.98 Å². The normalized spacial score (nSPS) is 10.2. The number of hydrogen-bond donors (Lipinski definition) is 0. The smallest absolute Gasteiger partial charge is 0.145 e. The van der Waals surface area contributed by atoms with Crippen LogP contribution in [0.2, 0.25) is 15.3 Å². The Morgan fingerprint density at radius 2 is 2.00 bits per heavy atom. The van der Waals surface area contributed by atoms with Gasteiger partial charge in [-0.3, -0.25) is 0 Å². The van der Waals surface area contributed by atoms with E-state index >= 15 is 0 Å². The Labute approximate surface area is 84.0 Å². The second-order valence-electron chi connectivity index (χ2n) is 1.75. The number of halogens is 3. The maximum atomic E-state index is 5.81. The molecule has 60 valence electrons. The van der Waals surface area contributed by atoms with Crippen molar-refractivity contribution in [3.05, 3.63) is 21.4 Å². The van der Waals surface area contributed by atoms with Crippen molar-refractivity contribution in [2.45, 2.75) is 4.90 Å². The van der Waals surface area contributed by atoms with Crippen molar-refractivity contribution in [2.24, 2.45) is 0 Å². The molecule has 0 saturated carbocycles. The second-order valence-corrected chi connectivity index (χ2v) is 3.72. The summed E-state index contributed by atoms with van der Waals surface area (Å²) in [7, 11) is 0. The van der Waals surface area contributed by atoms with Gasteiger partial charge in [-0.2, -0.15) is 0 Å². The Kier molecular flexibility index (Phi) is 3.31. The van der Waals surface area contributed by atoms with Gasteiger partial charge >= 0.3 is 0 Å². The number of pyridine rings is 1. The maximum absolute atomic E-state index is 5.81. The Balaban J connectivity index is 3.25. The van der Waals surface area contributed by atoms with Crippen LogP contribution in [0.3, 0.4) is 0 Å². The zero-order valence-electron chi connectivity index (χ0n) is 5.57. The highest BCUT2D eigenvalue weighted by atomic mass is 35.5. The summed E-state index contributed by atoms with van der Waals surface area (Å²) in [5, 5.41) is 1.22. The van der Waals surface area contributed by atoms with Gasteiger partial charge in [0.15, 0.2) is 0 Å². The highest BCUT2D eigenvalue weighted by Crippen LogP contribution is 2.32. The predicted octanol–water partition coefficient (Wildman–Crippen LogP) is 3.76. The summed E-state index contributed by atoms with van der Waals surface area (Å²) in [6.45, 7) is 0. The van der Waals surface area contributed by atoms with Gasteiger partial charge in [0.05, 0.1) is 9.92 Å². The number of hydrogen-bond acceptors (Lipinski definition) is 2. The summed E-state index contributed by atoms with van der Waals surface area (Å²) in [5.41, 5.74) is 0. The molecule has 0 spiro atoms. The van der Waals surface area contributed by atoms with Crippen molar-refractivity contribution < 1.29 is 0 Å². The van der Waals surface area contributed by atoms with Crippen LogP contribution in [0.1, 0.15) is 0 Å². The predicted molar refractivity (Wildman–Crippen MR) is 51.0 cm³/mol. The van der Waals surface area contributed by atoms with Gasteiger partial charge in [-0.05, 0) is 12.3 Å². The fourth-order valence-electron chi connectivity index (χ4n) is 0.627. The van der Waals surface area contributed by atoms with Crippen LogP contribution in [0.5, 0.6) is 0 Å². The summed E-state index contributed by atoms with van der Waals surface area (Å²) in [6.07, 6.45) is 1.88. The van der Waals surface area contributed by atoms with Gasteiger partial charge in [0.25, 0.3) is 0 Å². The van der Waals surface area contributed by atoms with Gasteiger partial charge in [-0.15, -0.1) is 11.8 Å². The Bertz CT molecular complexity index is 254. The molecule has 0 saturated heterocycles. The molecule has 0 aliphatic heterocycles. The summed E-state index contributed by atoms with van der Waals surface area (Å²) < 4.78 is 0. The van der Waals surface area contributed by atoms with E-state index < -0.39 is 0 Å². The quantitative estimate of drug-likeness (QED) is 0.536. The molecule has 0 bridgehead atoms. The summed E-state index contributed by atoms with van der Waals surface area (Å²) in [6, 6.07) is 1.57. The average molecular weight is 229 g/mol.